The van der Waals surface area contributed by atoms with Crippen LogP contribution in [0.3, 0.4) is 0 Å². The topological polar surface area (TPSA) is 108 Å². The molecular weight excluding hydrogens is 464 g/mol. The Balaban J connectivity index is 1.43. The first-order valence-electron chi connectivity index (χ1n) is 12.5. The summed E-state index contributed by atoms with van der Waals surface area (Å²) >= 11 is 0. The van der Waals surface area contributed by atoms with Crippen molar-refractivity contribution in [3.63, 3.8) is 0 Å². The molecule has 0 unspecified atom stereocenters. The Labute approximate surface area is 217 Å². The fraction of sp³-hybridized carbons (Fsp3) is 0.300. The van der Waals surface area contributed by atoms with E-state index in [0.29, 0.717) is 23.4 Å². The van der Waals surface area contributed by atoms with Crippen molar-refractivity contribution in [3.05, 3.63) is 95.1 Å². The van der Waals surface area contributed by atoms with Crippen molar-refractivity contribution in [2.45, 2.75) is 50.7 Å². The zero-order valence-corrected chi connectivity index (χ0v) is 21.0. The molecule has 0 aliphatic heterocycles. The number of anilines is 1. The van der Waals surface area contributed by atoms with Gasteiger partial charge in [0.05, 0.1) is 25.2 Å². The highest BCUT2D eigenvalue weighted by atomic mass is 16.5. The van der Waals surface area contributed by atoms with Gasteiger partial charge in [-0.3, -0.25) is 9.59 Å². The van der Waals surface area contributed by atoms with Gasteiger partial charge in [-0.05, 0) is 85.3 Å². The smallest absolute Gasteiger partial charge is 0.254 e. The van der Waals surface area contributed by atoms with E-state index >= 15 is 0 Å². The quantitative estimate of drug-likeness (QED) is 0.472. The third-order valence-electron chi connectivity index (χ3n) is 6.82. The van der Waals surface area contributed by atoms with E-state index in [1.54, 1.807) is 31.4 Å². The third-order valence-corrected chi connectivity index (χ3v) is 6.82. The number of nitrogens with two attached hydrogens (primary N) is 1. The predicted molar refractivity (Wildman–Crippen MR) is 143 cm³/mol. The lowest BCUT2D eigenvalue weighted by Crippen LogP contribution is -2.43. The molecule has 1 saturated carbocycles. The molecule has 7 heteroatoms. The minimum Gasteiger partial charge on any atom is -0.497 e. The number of ether oxygens (including phenoxy) is 1. The SMILES string of the molecule is COc1ccc(CC(=O)Nc2ccc(CN(C(=O)c3ccc(C#N)cc3)C3CCC(N)CC3)cc2)cc1. The summed E-state index contributed by atoms with van der Waals surface area (Å²) in [6.45, 7) is 0.457. The number of rotatable bonds is 8. The molecule has 1 aliphatic rings. The summed E-state index contributed by atoms with van der Waals surface area (Å²) < 4.78 is 5.16. The number of hydrogen-bond donors (Lipinski definition) is 2. The molecule has 37 heavy (non-hydrogen) atoms. The van der Waals surface area contributed by atoms with Gasteiger partial charge in [0.1, 0.15) is 5.75 Å². The number of nitrogens with one attached hydrogen (secondary N) is 1. The van der Waals surface area contributed by atoms with E-state index in [0.717, 1.165) is 42.6 Å². The molecule has 3 aromatic rings. The second-order valence-corrected chi connectivity index (χ2v) is 9.46. The largest absolute Gasteiger partial charge is 0.497 e. The molecule has 0 radical (unpaired) electrons. The lowest BCUT2D eigenvalue weighted by molar-refractivity contribution is -0.115. The van der Waals surface area contributed by atoms with Gasteiger partial charge in [-0.2, -0.15) is 5.26 Å². The molecule has 3 aromatic carbocycles. The van der Waals surface area contributed by atoms with Gasteiger partial charge in [-0.15, -0.1) is 0 Å². The van der Waals surface area contributed by atoms with E-state index in [9.17, 15) is 9.59 Å². The van der Waals surface area contributed by atoms with Crippen molar-refractivity contribution in [2.24, 2.45) is 5.73 Å². The molecule has 1 fully saturated rings. The van der Waals surface area contributed by atoms with Gasteiger partial charge < -0.3 is 20.7 Å². The Morgan fingerprint density at radius 1 is 0.946 bits per heavy atom. The summed E-state index contributed by atoms with van der Waals surface area (Å²) in [5.41, 5.74) is 9.79. The zero-order chi connectivity index (χ0) is 26.2. The van der Waals surface area contributed by atoms with Gasteiger partial charge in [0.15, 0.2) is 0 Å². The number of carbonyl (C=O) groups is 2. The van der Waals surface area contributed by atoms with Crippen LogP contribution in [0.2, 0.25) is 0 Å². The van der Waals surface area contributed by atoms with Crippen molar-refractivity contribution in [2.75, 3.05) is 12.4 Å². The van der Waals surface area contributed by atoms with Gasteiger partial charge >= 0.3 is 0 Å². The summed E-state index contributed by atoms with van der Waals surface area (Å²) in [6.07, 6.45) is 3.77. The first-order chi connectivity index (χ1) is 17.9. The fourth-order valence-corrected chi connectivity index (χ4v) is 4.66. The third kappa shape index (κ3) is 6.96. The summed E-state index contributed by atoms with van der Waals surface area (Å²) in [5.74, 6) is 0.596. The van der Waals surface area contributed by atoms with Crippen molar-refractivity contribution >= 4 is 17.5 Å². The van der Waals surface area contributed by atoms with E-state index in [-0.39, 0.29) is 30.3 Å². The number of benzene rings is 3. The highest BCUT2D eigenvalue weighted by molar-refractivity contribution is 5.94. The van der Waals surface area contributed by atoms with E-state index in [2.05, 4.69) is 11.4 Å². The molecule has 0 spiro atoms. The average molecular weight is 497 g/mol. The number of nitrogens with zero attached hydrogens (tertiary/aromatic N) is 2. The number of nitriles is 1. The summed E-state index contributed by atoms with van der Waals surface area (Å²) in [7, 11) is 1.61. The number of amides is 2. The van der Waals surface area contributed by atoms with E-state index in [4.69, 9.17) is 15.7 Å². The number of methoxy groups -OCH3 is 1. The Morgan fingerprint density at radius 3 is 2.16 bits per heavy atom. The standard InChI is InChI=1S/C30H32N4O3/c1-37-28-16-6-21(7-17-28)18-29(35)33-26-12-4-23(5-13-26)20-34(27-14-10-25(32)11-15-27)30(36)24-8-2-22(19-31)3-9-24/h2-9,12-13,16-17,25,27H,10-11,14-15,18,20,32H2,1H3,(H,33,35). The van der Waals surface area contributed by atoms with Crippen LogP contribution in [0, 0.1) is 11.3 Å². The highest BCUT2D eigenvalue weighted by Crippen LogP contribution is 2.26. The average Bonchev–Trinajstić information content (AvgIpc) is 2.93. The lowest BCUT2D eigenvalue weighted by Gasteiger charge is -2.36. The van der Waals surface area contributed by atoms with Crippen molar-refractivity contribution in [1.29, 1.82) is 5.26 Å². The predicted octanol–water partition coefficient (Wildman–Crippen LogP) is 4.66. The van der Waals surface area contributed by atoms with Crippen LogP contribution in [0.15, 0.2) is 72.8 Å². The molecule has 190 valence electrons. The van der Waals surface area contributed by atoms with Crippen LogP contribution in [0.4, 0.5) is 5.69 Å². The van der Waals surface area contributed by atoms with Crippen molar-refractivity contribution < 1.29 is 14.3 Å². The van der Waals surface area contributed by atoms with Crippen LogP contribution in [-0.4, -0.2) is 35.9 Å². The van der Waals surface area contributed by atoms with E-state index in [1.165, 1.54) is 0 Å². The Morgan fingerprint density at radius 2 is 1.57 bits per heavy atom. The van der Waals surface area contributed by atoms with E-state index in [1.807, 2.05) is 53.4 Å². The molecular formula is C30H32N4O3. The normalized spacial score (nSPS) is 16.9. The van der Waals surface area contributed by atoms with Gasteiger partial charge in [0.25, 0.3) is 5.91 Å². The maximum atomic E-state index is 13.5. The highest BCUT2D eigenvalue weighted by Gasteiger charge is 2.28. The van der Waals surface area contributed by atoms with Crippen LogP contribution in [0.25, 0.3) is 0 Å². The number of hydrogen-bond acceptors (Lipinski definition) is 5. The van der Waals surface area contributed by atoms with Crippen LogP contribution in [0.5, 0.6) is 5.75 Å². The van der Waals surface area contributed by atoms with Crippen LogP contribution in [0.1, 0.15) is 52.7 Å². The molecule has 0 saturated heterocycles. The first kappa shape index (κ1) is 25.9. The van der Waals surface area contributed by atoms with Gasteiger partial charge in [-0.1, -0.05) is 24.3 Å². The molecule has 7 nitrogen and oxygen atoms in total. The Bertz CT molecular complexity index is 1240. The molecule has 0 bridgehead atoms. The van der Waals surface area contributed by atoms with Crippen LogP contribution >= 0.6 is 0 Å². The van der Waals surface area contributed by atoms with Crippen molar-refractivity contribution in [3.8, 4) is 11.8 Å². The second-order valence-electron chi connectivity index (χ2n) is 9.46. The molecule has 4 rings (SSSR count). The molecule has 0 aromatic heterocycles. The van der Waals surface area contributed by atoms with Crippen molar-refractivity contribution in [1.82, 2.24) is 4.90 Å². The summed E-state index contributed by atoms with van der Waals surface area (Å²) in [5, 5.41) is 12.0. The van der Waals surface area contributed by atoms with Gasteiger partial charge in [0, 0.05) is 29.9 Å². The number of carbonyl (C=O) groups excluding carboxylic acids is 2. The molecule has 0 atom stereocenters. The summed E-state index contributed by atoms with van der Waals surface area (Å²) in [6, 6.07) is 24.2. The monoisotopic (exact) mass is 496 g/mol. The molecule has 1 aliphatic carbocycles. The maximum absolute atomic E-state index is 13.5. The first-order valence-corrected chi connectivity index (χ1v) is 12.5. The minimum atomic E-state index is -0.103. The molecule has 0 heterocycles. The van der Waals surface area contributed by atoms with Gasteiger partial charge in [0.2, 0.25) is 5.91 Å². The van der Waals surface area contributed by atoms with Crippen LogP contribution < -0.4 is 15.8 Å². The zero-order valence-electron chi connectivity index (χ0n) is 21.0. The lowest BCUT2D eigenvalue weighted by atomic mass is 9.90. The second kappa shape index (κ2) is 12.2. The Kier molecular flexibility index (Phi) is 8.55. The minimum absolute atomic E-state index is 0.0539. The molecule has 3 N–H and O–H groups in total. The Hall–Kier alpha value is -4.15. The van der Waals surface area contributed by atoms with E-state index < -0.39 is 0 Å². The maximum Gasteiger partial charge on any atom is 0.254 e. The summed E-state index contributed by atoms with van der Waals surface area (Å²) in [4.78, 5) is 27.9. The van der Waals surface area contributed by atoms with Crippen LogP contribution in [-0.2, 0) is 17.8 Å². The fourth-order valence-electron chi connectivity index (χ4n) is 4.66. The van der Waals surface area contributed by atoms with Gasteiger partial charge in [-0.25, -0.2) is 0 Å². The molecule has 2 amide bonds.